The lowest BCUT2D eigenvalue weighted by atomic mass is 9.82. The number of benzene rings is 2. The van der Waals surface area contributed by atoms with Crippen LogP contribution in [0.15, 0.2) is 54.6 Å². The molecule has 0 radical (unpaired) electrons. The molecule has 1 N–H and O–H groups in total. The van der Waals surface area contributed by atoms with Gasteiger partial charge >= 0.3 is 5.97 Å². The van der Waals surface area contributed by atoms with Gasteiger partial charge in [-0.25, -0.2) is 4.39 Å². The van der Waals surface area contributed by atoms with Crippen LogP contribution >= 0.6 is 0 Å². The first-order valence-electron chi connectivity index (χ1n) is 8.07. The first kappa shape index (κ1) is 16.6. The summed E-state index contributed by atoms with van der Waals surface area (Å²) in [5.41, 5.74) is 0.689. The smallest absolute Gasteiger partial charge is 0.323 e. The van der Waals surface area contributed by atoms with E-state index in [2.05, 4.69) is 0 Å². The molecule has 2 atom stereocenters. The Labute approximate surface area is 140 Å². The van der Waals surface area contributed by atoms with E-state index in [4.69, 9.17) is 4.84 Å². The Morgan fingerprint density at radius 2 is 1.83 bits per heavy atom. The zero-order chi connectivity index (χ0) is 17.2. The maximum absolute atomic E-state index is 13.4. The maximum atomic E-state index is 13.4. The minimum Gasteiger partial charge on any atom is -0.480 e. The number of aliphatic carboxylic acids is 1. The highest BCUT2D eigenvalue weighted by Gasteiger charge is 2.50. The summed E-state index contributed by atoms with van der Waals surface area (Å²) in [5.74, 6) is -1.25. The summed E-state index contributed by atoms with van der Waals surface area (Å²) in [6.07, 6.45) is 1.05. The highest BCUT2D eigenvalue weighted by molar-refractivity contribution is 5.74. The Morgan fingerprint density at radius 3 is 2.42 bits per heavy atom. The fraction of sp³-hybridized carbons (Fsp3) is 0.316. The molecule has 24 heavy (non-hydrogen) atoms. The van der Waals surface area contributed by atoms with Crippen LogP contribution in [0.4, 0.5) is 4.39 Å². The van der Waals surface area contributed by atoms with Crippen molar-refractivity contribution in [3.63, 3.8) is 0 Å². The third kappa shape index (κ3) is 2.92. The third-order valence-corrected chi connectivity index (χ3v) is 4.38. The van der Waals surface area contributed by atoms with Gasteiger partial charge in [0.25, 0.3) is 0 Å². The molecule has 1 heterocycles. The fourth-order valence-electron chi connectivity index (χ4n) is 3.24. The number of nitrogens with zero attached hydrogens (tertiary/aromatic N) is 1. The normalized spacial score (nSPS) is 24.2. The van der Waals surface area contributed by atoms with Crippen LogP contribution in [0.25, 0.3) is 0 Å². The predicted molar refractivity (Wildman–Crippen MR) is 87.7 cm³/mol. The molecule has 1 saturated heterocycles. The summed E-state index contributed by atoms with van der Waals surface area (Å²) in [7, 11) is 0. The van der Waals surface area contributed by atoms with E-state index in [0.717, 1.165) is 17.5 Å². The van der Waals surface area contributed by atoms with E-state index in [9.17, 15) is 14.3 Å². The molecule has 2 aromatic carbocycles. The van der Waals surface area contributed by atoms with Crippen LogP contribution in [-0.4, -0.2) is 28.7 Å². The van der Waals surface area contributed by atoms with E-state index < -0.39 is 17.6 Å². The fourth-order valence-corrected chi connectivity index (χ4v) is 3.24. The molecule has 0 saturated carbocycles. The molecular formula is C19H20FNO3. The predicted octanol–water partition coefficient (Wildman–Crippen LogP) is 3.57. The van der Waals surface area contributed by atoms with Crippen LogP contribution < -0.4 is 0 Å². The lowest BCUT2D eigenvalue weighted by Gasteiger charge is -2.30. The molecule has 4 nitrogen and oxygen atoms in total. The lowest BCUT2D eigenvalue weighted by molar-refractivity contribution is -0.200. The SMILES string of the molecule is CCCN1OC(c2ccccc2)(c2ccc(F)cc2)CC1C(=O)O. The van der Waals surface area contributed by atoms with Crippen molar-refractivity contribution in [3.05, 3.63) is 71.5 Å². The first-order chi connectivity index (χ1) is 11.6. The van der Waals surface area contributed by atoms with E-state index in [1.54, 1.807) is 17.2 Å². The molecule has 126 valence electrons. The van der Waals surface area contributed by atoms with Crippen molar-refractivity contribution < 1.29 is 19.1 Å². The van der Waals surface area contributed by atoms with Gasteiger partial charge in [-0.1, -0.05) is 49.4 Å². The van der Waals surface area contributed by atoms with E-state index in [-0.39, 0.29) is 12.2 Å². The minimum atomic E-state index is -0.923. The Bertz CT molecular complexity index is 704. The molecule has 3 rings (SSSR count). The zero-order valence-electron chi connectivity index (χ0n) is 13.5. The van der Waals surface area contributed by atoms with Gasteiger partial charge in [-0.3, -0.25) is 9.63 Å². The van der Waals surface area contributed by atoms with Crippen molar-refractivity contribution in [2.75, 3.05) is 6.54 Å². The second-order valence-corrected chi connectivity index (χ2v) is 5.99. The van der Waals surface area contributed by atoms with Gasteiger partial charge in [0.05, 0.1) is 0 Å². The van der Waals surface area contributed by atoms with Gasteiger partial charge in [-0.05, 0) is 29.7 Å². The van der Waals surface area contributed by atoms with Crippen molar-refractivity contribution in [2.45, 2.75) is 31.4 Å². The van der Waals surface area contributed by atoms with E-state index in [0.29, 0.717) is 6.54 Å². The van der Waals surface area contributed by atoms with Gasteiger partial charge in [0.2, 0.25) is 0 Å². The Kier molecular flexibility index (Phi) is 4.64. The molecule has 1 aliphatic rings. The molecule has 1 fully saturated rings. The van der Waals surface area contributed by atoms with Crippen LogP contribution in [0.2, 0.25) is 0 Å². The van der Waals surface area contributed by atoms with E-state index in [1.165, 1.54) is 12.1 Å². The van der Waals surface area contributed by atoms with Gasteiger partial charge in [0, 0.05) is 13.0 Å². The van der Waals surface area contributed by atoms with Crippen LogP contribution in [0.3, 0.4) is 0 Å². The number of rotatable bonds is 5. The average molecular weight is 329 g/mol. The summed E-state index contributed by atoms with van der Waals surface area (Å²) < 4.78 is 13.4. The van der Waals surface area contributed by atoms with Crippen LogP contribution in [0.5, 0.6) is 0 Å². The van der Waals surface area contributed by atoms with Gasteiger partial charge in [0.15, 0.2) is 0 Å². The van der Waals surface area contributed by atoms with Crippen molar-refractivity contribution in [1.82, 2.24) is 5.06 Å². The highest BCUT2D eigenvalue weighted by atomic mass is 19.1. The number of carboxylic acids is 1. The molecule has 5 heteroatoms. The number of halogens is 1. The van der Waals surface area contributed by atoms with Gasteiger partial charge in [-0.15, -0.1) is 0 Å². The Hall–Kier alpha value is -2.24. The van der Waals surface area contributed by atoms with Crippen LogP contribution in [-0.2, 0) is 15.2 Å². The quantitative estimate of drug-likeness (QED) is 0.911. The lowest BCUT2D eigenvalue weighted by Crippen LogP contribution is -2.35. The molecule has 0 bridgehead atoms. The van der Waals surface area contributed by atoms with E-state index in [1.807, 2.05) is 37.3 Å². The van der Waals surface area contributed by atoms with Gasteiger partial charge in [-0.2, -0.15) is 5.06 Å². The summed E-state index contributed by atoms with van der Waals surface area (Å²) in [4.78, 5) is 17.9. The first-order valence-corrected chi connectivity index (χ1v) is 8.07. The zero-order valence-corrected chi connectivity index (χ0v) is 13.5. The Morgan fingerprint density at radius 1 is 1.21 bits per heavy atom. The number of carbonyl (C=O) groups is 1. The molecule has 2 unspecified atom stereocenters. The van der Waals surface area contributed by atoms with Crippen molar-refractivity contribution in [2.24, 2.45) is 0 Å². The standard InChI is InChI=1S/C19H20FNO3/c1-2-12-21-17(18(22)23)13-19(24-21,14-6-4-3-5-7-14)15-8-10-16(20)11-9-15/h3-11,17H,2,12-13H2,1H3,(H,22,23). The average Bonchev–Trinajstić information content (AvgIpc) is 2.98. The largest absolute Gasteiger partial charge is 0.480 e. The van der Waals surface area contributed by atoms with Crippen molar-refractivity contribution in [1.29, 1.82) is 0 Å². The number of hydrogen-bond donors (Lipinski definition) is 1. The summed E-state index contributed by atoms with van der Waals surface area (Å²) in [6, 6.07) is 14.8. The minimum absolute atomic E-state index is 0.276. The van der Waals surface area contributed by atoms with Gasteiger partial charge < -0.3 is 5.11 Å². The number of hydroxylamine groups is 2. The number of carboxylic acid groups (broad SMARTS) is 1. The molecule has 0 amide bonds. The Balaban J connectivity index is 2.10. The van der Waals surface area contributed by atoms with Gasteiger partial charge in [0.1, 0.15) is 17.5 Å². The molecule has 1 aliphatic heterocycles. The monoisotopic (exact) mass is 329 g/mol. The second kappa shape index (κ2) is 6.71. The summed E-state index contributed by atoms with van der Waals surface area (Å²) in [5, 5.41) is 11.1. The van der Waals surface area contributed by atoms with E-state index >= 15 is 0 Å². The summed E-state index contributed by atoms with van der Waals surface area (Å²) >= 11 is 0. The molecule has 0 spiro atoms. The molecule has 0 aromatic heterocycles. The highest BCUT2D eigenvalue weighted by Crippen LogP contribution is 2.45. The molecule has 2 aromatic rings. The van der Waals surface area contributed by atoms with Crippen LogP contribution in [0, 0.1) is 5.82 Å². The van der Waals surface area contributed by atoms with Crippen molar-refractivity contribution in [3.8, 4) is 0 Å². The van der Waals surface area contributed by atoms with Crippen LogP contribution in [0.1, 0.15) is 30.9 Å². The molecule has 0 aliphatic carbocycles. The third-order valence-electron chi connectivity index (χ3n) is 4.38. The van der Waals surface area contributed by atoms with Crippen molar-refractivity contribution >= 4 is 5.97 Å². The maximum Gasteiger partial charge on any atom is 0.323 e. The molecular weight excluding hydrogens is 309 g/mol. The topological polar surface area (TPSA) is 49.8 Å². The summed E-state index contributed by atoms with van der Waals surface area (Å²) in [6.45, 7) is 2.50. The number of hydrogen-bond acceptors (Lipinski definition) is 3. The second-order valence-electron chi connectivity index (χ2n) is 5.99.